The summed E-state index contributed by atoms with van der Waals surface area (Å²) in [6.45, 7) is 0. The van der Waals surface area contributed by atoms with E-state index in [1.807, 2.05) is 6.07 Å². The summed E-state index contributed by atoms with van der Waals surface area (Å²) in [7, 11) is 1.71. The number of carbonyl (C=O) groups excluding carboxylic acids is 1. The molecular formula is C8H7ClN2O. The van der Waals surface area contributed by atoms with Crippen LogP contribution in [-0.4, -0.2) is 17.9 Å². The summed E-state index contributed by atoms with van der Waals surface area (Å²) in [5, 5.41) is 0.404. The first-order valence-corrected chi connectivity index (χ1v) is 3.98. The van der Waals surface area contributed by atoms with Crippen molar-refractivity contribution in [1.82, 2.24) is 4.98 Å². The average Bonchev–Trinajstić information content (AvgIpc) is 2.29. The van der Waals surface area contributed by atoms with Crippen LogP contribution in [0.15, 0.2) is 12.3 Å². The second-order valence-corrected chi connectivity index (χ2v) is 3.10. The Hall–Kier alpha value is -1.09. The van der Waals surface area contributed by atoms with Crippen molar-refractivity contribution in [3.8, 4) is 0 Å². The molecule has 1 amide bonds. The van der Waals surface area contributed by atoms with E-state index in [4.69, 9.17) is 11.6 Å². The lowest BCUT2D eigenvalue weighted by atomic mass is 10.2. The van der Waals surface area contributed by atoms with Gasteiger partial charge in [-0.1, -0.05) is 11.6 Å². The monoisotopic (exact) mass is 182 g/mol. The Kier molecular flexibility index (Phi) is 1.54. The first-order chi connectivity index (χ1) is 5.70. The number of amides is 1. The Morgan fingerprint density at radius 3 is 3.08 bits per heavy atom. The van der Waals surface area contributed by atoms with Crippen LogP contribution in [0.1, 0.15) is 5.56 Å². The zero-order valence-corrected chi connectivity index (χ0v) is 7.30. The Morgan fingerprint density at radius 2 is 2.42 bits per heavy atom. The largest absolute Gasteiger partial charge is 0.312 e. The molecule has 0 aromatic carbocycles. The molecule has 1 aromatic heterocycles. The molecule has 0 radical (unpaired) electrons. The molecular weight excluding hydrogens is 176 g/mol. The van der Waals surface area contributed by atoms with Gasteiger partial charge in [0.05, 0.1) is 12.1 Å². The van der Waals surface area contributed by atoms with E-state index in [9.17, 15) is 4.79 Å². The van der Waals surface area contributed by atoms with Gasteiger partial charge in [0.25, 0.3) is 0 Å². The number of likely N-dealkylation sites (N-methyl/N-ethyl adjacent to an activating group) is 1. The lowest BCUT2D eigenvalue weighted by molar-refractivity contribution is -0.117. The van der Waals surface area contributed by atoms with Gasteiger partial charge in [-0.25, -0.2) is 4.98 Å². The molecule has 0 atom stereocenters. The molecule has 0 fully saturated rings. The molecule has 2 heterocycles. The number of hydrogen-bond acceptors (Lipinski definition) is 2. The van der Waals surface area contributed by atoms with Crippen molar-refractivity contribution in [2.45, 2.75) is 6.42 Å². The van der Waals surface area contributed by atoms with Gasteiger partial charge in [0.2, 0.25) is 5.91 Å². The molecule has 1 aliphatic rings. The second kappa shape index (κ2) is 2.45. The van der Waals surface area contributed by atoms with E-state index in [1.54, 1.807) is 18.1 Å². The van der Waals surface area contributed by atoms with Crippen LogP contribution < -0.4 is 4.90 Å². The fraction of sp³-hybridized carbons (Fsp3) is 0.250. The van der Waals surface area contributed by atoms with E-state index >= 15 is 0 Å². The molecule has 0 unspecified atom stereocenters. The van der Waals surface area contributed by atoms with Crippen molar-refractivity contribution in [3.63, 3.8) is 0 Å². The van der Waals surface area contributed by atoms with Gasteiger partial charge in [0.1, 0.15) is 0 Å². The molecule has 0 saturated heterocycles. The Bertz CT molecular complexity index is 351. The van der Waals surface area contributed by atoms with Crippen LogP contribution >= 0.6 is 11.6 Å². The maximum Gasteiger partial charge on any atom is 0.231 e. The van der Waals surface area contributed by atoms with Crippen molar-refractivity contribution in [1.29, 1.82) is 0 Å². The van der Waals surface area contributed by atoms with Crippen LogP contribution in [0.2, 0.25) is 5.15 Å². The van der Waals surface area contributed by atoms with Gasteiger partial charge in [-0.2, -0.15) is 0 Å². The molecule has 0 spiro atoms. The summed E-state index contributed by atoms with van der Waals surface area (Å²) < 4.78 is 0. The predicted octanol–water partition coefficient (Wildman–Crippen LogP) is 1.25. The van der Waals surface area contributed by atoms with Crippen LogP contribution in [0.25, 0.3) is 0 Å². The fourth-order valence-electron chi connectivity index (χ4n) is 1.37. The molecule has 62 valence electrons. The third-order valence-electron chi connectivity index (χ3n) is 2.01. The van der Waals surface area contributed by atoms with E-state index in [2.05, 4.69) is 4.98 Å². The molecule has 0 saturated carbocycles. The van der Waals surface area contributed by atoms with E-state index in [-0.39, 0.29) is 5.91 Å². The standard InChI is InChI=1S/C8H7ClN2O/c1-11-6(12)4-5-2-3-10-8(9)7(5)11/h2-3H,4H2,1H3. The maximum atomic E-state index is 11.2. The molecule has 2 rings (SSSR count). The van der Waals surface area contributed by atoms with E-state index in [1.165, 1.54) is 0 Å². The lowest BCUT2D eigenvalue weighted by Gasteiger charge is -2.09. The maximum absolute atomic E-state index is 11.2. The first kappa shape index (κ1) is 7.55. The minimum Gasteiger partial charge on any atom is -0.312 e. The van der Waals surface area contributed by atoms with Crippen molar-refractivity contribution in [2.75, 3.05) is 11.9 Å². The molecule has 12 heavy (non-hydrogen) atoms. The van der Waals surface area contributed by atoms with Gasteiger partial charge in [-0.3, -0.25) is 4.79 Å². The number of anilines is 1. The average molecular weight is 183 g/mol. The number of carbonyl (C=O) groups is 1. The van der Waals surface area contributed by atoms with Crippen molar-refractivity contribution < 1.29 is 4.79 Å². The Balaban J connectivity index is 2.62. The van der Waals surface area contributed by atoms with Gasteiger partial charge in [0.15, 0.2) is 5.15 Å². The molecule has 1 aliphatic heterocycles. The molecule has 0 bridgehead atoms. The van der Waals surface area contributed by atoms with E-state index in [0.29, 0.717) is 11.6 Å². The lowest BCUT2D eigenvalue weighted by Crippen LogP contribution is -2.20. The zero-order chi connectivity index (χ0) is 8.72. The Labute approximate surface area is 75.0 Å². The summed E-state index contributed by atoms with van der Waals surface area (Å²) >= 11 is 5.82. The summed E-state index contributed by atoms with van der Waals surface area (Å²) in [4.78, 5) is 16.7. The molecule has 1 aromatic rings. The first-order valence-electron chi connectivity index (χ1n) is 3.60. The molecule has 4 heteroatoms. The normalized spacial score (nSPS) is 15.2. The SMILES string of the molecule is CN1C(=O)Cc2ccnc(Cl)c21. The quantitative estimate of drug-likeness (QED) is 0.566. The number of rotatable bonds is 0. The highest BCUT2D eigenvalue weighted by Gasteiger charge is 2.26. The third kappa shape index (κ3) is 0.898. The van der Waals surface area contributed by atoms with Gasteiger partial charge >= 0.3 is 0 Å². The van der Waals surface area contributed by atoms with Crippen LogP contribution in [0, 0.1) is 0 Å². The highest BCUT2D eigenvalue weighted by atomic mass is 35.5. The minimum absolute atomic E-state index is 0.0694. The van der Waals surface area contributed by atoms with Gasteiger partial charge in [-0.15, -0.1) is 0 Å². The smallest absolute Gasteiger partial charge is 0.231 e. The predicted molar refractivity (Wildman–Crippen MR) is 46.4 cm³/mol. The molecule has 0 N–H and O–H groups in total. The summed E-state index contributed by atoms with van der Waals surface area (Å²) in [6, 6.07) is 1.82. The summed E-state index contributed by atoms with van der Waals surface area (Å²) in [5.74, 6) is 0.0694. The van der Waals surface area contributed by atoms with Crippen LogP contribution in [0.5, 0.6) is 0 Å². The number of nitrogens with zero attached hydrogens (tertiary/aromatic N) is 2. The van der Waals surface area contributed by atoms with Gasteiger partial charge in [0, 0.05) is 13.2 Å². The number of halogens is 1. The van der Waals surface area contributed by atoms with Crippen molar-refractivity contribution >= 4 is 23.2 Å². The number of aromatic nitrogens is 1. The zero-order valence-electron chi connectivity index (χ0n) is 6.54. The second-order valence-electron chi connectivity index (χ2n) is 2.74. The Morgan fingerprint density at radius 1 is 1.67 bits per heavy atom. The van der Waals surface area contributed by atoms with E-state index in [0.717, 1.165) is 11.3 Å². The van der Waals surface area contributed by atoms with Crippen LogP contribution in [-0.2, 0) is 11.2 Å². The van der Waals surface area contributed by atoms with E-state index < -0.39 is 0 Å². The molecule has 0 aliphatic carbocycles. The topological polar surface area (TPSA) is 33.2 Å². The van der Waals surface area contributed by atoms with Crippen molar-refractivity contribution in [3.05, 3.63) is 23.0 Å². The highest BCUT2D eigenvalue weighted by molar-refractivity contribution is 6.33. The number of fused-ring (bicyclic) bond motifs is 1. The third-order valence-corrected chi connectivity index (χ3v) is 2.29. The number of hydrogen-bond donors (Lipinski definition) is 0. The fourth-order valence-corrected chi connectivity index (χ4v) is 1.67. The molecule has 3 nitrogen and oxygen atoms in total. The van der Waals surface area contributed by atoms with Gasteiger partial charge in [-0.05, 0) is 11.6 Å². The summed E-state index contributed by atoms with van der Waals surface area (Å²) in [5.41, 5.74) is 1.71. The number of pyridine rings is 1. The van der Waals surface area contributed by atoms with Gasteiger partial charge < -0.3 is 4.90 Å². The van der Waals surface area contributed by atoms with Crippen molar-refractivity contribution in [2.24, 2.45) is 0 Å². The van der Waals surface area contributed by atoms with Crippen LogP contribution in [0.3, 0.4) is 0 Å². The summed E-state index contributed by atoms with van der Waals surface area (Å²) in [6.07, 6.45) is 2.06. The minimum atomic E-state index is 0.0694. The highest BCUT2D eigenvalue weighted by Crippen LogP contribution is 2.32. The van der Waals surface area contributed by atoms with Crippen LogP contribution in [0.4, 0.5) is 5.69 Å².